The smallest absolute Gasteiger partial charge is 0.336 e. The average molecular weight is 319 g/mol. The van der Waals surface area contributed by atoms with Crippen LogP contribution in [0.15, 0.2) is 48.5 Å². The number of carbonyl (C=O) groups excluding carboxylic acids is 1. The first-order valence-electron chi connectivity index (χ1n) is 6.50. The lowest BCUT2D eigenvalue weighted by Crippen LogP contribution is -2.03. The Morgan fingerprint density at radius 1 is 1.05 bits per heavy atom. The fourth-order valence-electron chi connectivity index (χ4n) is 1.81. The van der Waals surface area contributed by atoms with Gasteiger partial charge in [-0.05, 0) is 42.5 Å². The molecule has 0 saturated heterocycles. The van der Waals surface area contributed by atoms with Gasteiger partial charge < -0.3 is 14.2 Å². The zero-order valence-corrected chi connectivity index (χ0v) is 13.0. The van der Waals surface area contributed by atoms with E-state index in [4.69, 9.17) is 25.8 Å². The van der Waals surface area contributed by atoms with Crippen LogP contribution in [0.2, 0.25) is 5.02 Å². The molecule has 5 heteroatoms. The molecule has 0 heterocycles. The van der Waals surface area contributed by atoms with Crippen LogP contribution in [0.5, 0.6) is 17.2 Å². The first-order chi connectivity index (χ1) is 10.6. The van der Waals surface area contributed by atoms with Gasteiger partial charge in [0, 0.05) is 16.7 Å². The quantitative estimate of drug-likeness (QED) is 0.475. The number of esters is 1. The summed E-state index contributed by atoms with van der Waals surface area (Å²) in [4.78, 5) is 11.8. The van der Waals surface area contributed by atoms with Gasteiger partial charge in [-0.25, -0.2) is 4.79 Å². The van der Waals surface area contributed by atoms with Gasteiger partial charge in [0.1, 0.15) is 17.2 Å². The Balaban J connectivity index is 2.12. The van der Waals surface area contributed by atoms with Crippen molar-refractivity contribution < 1.29 is 19.0 Å². The Kier molecular flexibility index (Phi) is 5.44. The number of benzene rings is 2. The van der Waals surface area contributed by atoms with Gasteiger partial charge in [-0.15, -0.1) is 0 Å². The molecule has 0 aromatic heterocycles. The highest BCUT2D eigenvalue weighted by atomic mass is 35.5. The van der Waals surface area contributed by atoms with E-state index in [0.717, 1.165) is 0 Å². The van der Waals surface area contributed by atoms with Crippen molar-refractivity contribution in [1.29, 1.82) is 0 Å². The van der Waals surface area contributed by atoms with Crippen LogP contribution >= 0.6 is 11.6 Å². The molecule has 22 heavy (non-hydrogen) atoms. The van der Waals surface area contributed by atoms with Crippen molar-refractivity contribution in [2.75, 3.05) is 14.2 Å². The van der Waals surface area contributed by atoms with Crippen LogP contribution in [0.1, 0.15) is 5.56 Å². The molecule has 4 nitrogen and oxygen atoms in total. The van der Waals surface area contributed by atoms with E-state index in [1.165, 1.54) is 6.08 Å². The number of carbonyl (C=O) groups is 1. The molecule has 0 bridgehead atoms. The summed E-state index contributed by atoms with van der Waals surface area (Å²) in [5.74, 6) is 1.18. The lowest BCUT2D eigenvalue weighted by atomic mass is 10.1. The zero-order chi connectivity index (χ0) is 15.9. The molecule has 0 atom stereocenters. The number of methoxy groups -OCH3 is 2. The fraction of sp³-hybridized carbons (Fsp3) is 0.118. The van der Waals surface area contributed by atoms with Crippen LogP contribution < -0.4 is 14.2 Å². The number of rotatable bonds is 5. The number of halogens is 1. The molecule has 2 rings (SSSR count). The number of hydrogen-bond donors (Lipinski definition) is 0. The molecule has 0 spiro atoms. The molecule has 0 radical (unpaired) electrons. The largest absolute Gasteiger partial charge is 0.497 e. The van der Waals surface area contributed by atoms with Gasteiger partial charge in [0.2, 0.25) is 0 Å². The minimum absolute atomic E-state index is 0.389. The van der Waals surface area contributed by atoms with E-state index in [9.17, 15) is 4.79 Å². The topological polar surface area (TPSA) is 44.8 Å². The molecule has 2 aromatic carbocycles. The Labute approximate surface area is 133 Å². The van der Waals surface area contributed by atoms with Crippen molar-refractivity contribution >= 4 is 23.6 Å². The predicted molar refractivity (Wildman–Crippen MR) is 85.7 cm³/mol. The summed E-state index contributed by atoms with van der Waals surface area (Å²) in [6.45, 7) is 0. The second-order valence-electron chi connectivity index (χ2n) is 4.32. The molecule has 114 valence electrons. The fourth-order valence-corrected chi connectivity index (χ4v) is 1.99. The van der Waals surface area contributed by atoms with E-state index in [0.29, 0.717) is 27.8 Å². The molecule has 0 saturated carbocycles. The summed E-state index contributed by atoms with van der Waals surface area (Å²) >= 11 is 5.83. The third-order valence-corrected chi connectivity index (χ3v) is 3.09. The minimum atomic E-state index is -0.507. The van der Waals surface area contributed by atoms with Crippen LogP contribution in [0.4, 0.5) is 0 Å². The minimum Gasteiger partial charge on any atom is -0.497 e. The van der Waals surface area contributed by atoms with E-state index in [-0.39, 0.29) is 0 Å². The SMILES string of the molecule is COc1ccc(OC)c(C=CC(=O)Oc2cccc(Cl)c2)c1. The lowest BCUT2D eigenvalue weighted by molar-refractivity contribution is -0.128. The van der Waals surface area contributed by atoms with E-state index < -0.39 is 5.97 Å². The summed E-state index contributed by atoms with van der Waals surface area (Å²) < 4.78 is 15.5. The monoisotopic (exact) mass is 318 g/mol. The van der Waals surface area contributed by atoms with Crippen LogP contribution in [0, 0.1) is 0 Å². The molecule has 0 amide bonds. The standard InChI is InChI=1S/C17H15ClO4/c1-20-14-7-8-16(21-2)12(10-14)6-9-17(19)22-15-5-3-4-13(18)11-15/h3-11H,1-2H3. The molecular formula is C17H15ClO4. The molecule has 0 unspecified atom stereocenters. The Morgan fingerprint density at radius 2 is 1.86 bits per heavy atom. The molecule has 2 aromatic rings. The van der Waals surface area contributed by atoms with E-state index >= 15 is 0 Å². The van der Waals surface area contributed by atoms with Gasteiger partial charge in [-0.1, -0.05) is 17.7 Å². The Hall–Kier alpha value is -2.46. The third-order valence-electron chi connectivity index (χ3n) is 2.85. The maximum Gasteiger partial charge on any atom is 0.336 e. The highest BCUT2D eigenvalue weighted by Crippen LogP contribution is 2.25. The lowest BCUT2D eigenvalue weighted by Gasteiger charge is -2.07. The zero-order valence-electron chi connectivity index (χ0n) is 12.2. The van der Waals surface area contributed by atoms with Crippen molar-refractivity contribution in [3.63, 3.8) is 0 Å². The van der Waals surface area contributed by atoms with Gasteiger partial charge in [-0.3, -0.25) is 0 Å². The van der Waals surface area contributed by atoms with Gasteiger partial charge in [0.05, 0.1) is 14.2 Å². The van der Waals surface area contributed by atoms with Crippen LogP contribution in [-0.2, 0) is 4.79 Å². The van der Waals surface area contributed by atoms with E-state index in [1.807, 2.05) is 0 Å². The van der Waals surface area contributed by atoms with E-state index in [2.05, 4.69) is 0 Å². The second-order valence-corrected chi connectivity index (χ2v) is 4.76. The van der Waals surface area contributed by atoms with Crippen LogP contribution in [-0.4, -0.2) is 20.2 Å². The third kappa shape index (κ3) is 4.27. The molecule has 0 aliphatic rings. The number of hydrogen-bond acceptors (Lipinski definition) is 4. The van der Waals surface area contributed by atoms with Crippen molar-refractivity contribution in [2.24, 2.45) is 0 Å². The van der Waals surface area contributed by atoms with Gasteiger partial charge >= 0.3 is 5.97 Å². The van der Waals surface area contributed by atoms with Crippen molar-refractivity contribution in [3.8, 4) is 17.2 Å². The Morgan fingerprint density at radius 3 is 2.55 bits per heavy atom. The second kappa shape index (κ2) is 7.52. The summed E-state index contributed by atoms with van der Waals surface area (Å²) in [5.41, 5.74) is 0.713. The highest BCUT2D eigenvalue weighted by Gasteiger charge is 2.04. The van der Waals surface area contributed by atoms with Crippen molar-refractivity contribution in [1.82, 2.24) is 0 Å². The van der Waals surface area contributed by atoms with Crippen molar-refractivity contribution in [3.05, 3.63) is 59.1 Å². The van der Waals surface area contributed by atoms with E-state index in [1.54, 1.807) is 62.8 Å². The summed E-state index contributed by atoms with van der Waals surface area (Å²) in [6.07, 6.45) is 2.92. The average Bonchev–Trinajstić information content (AvgIpc) is 2.52. The van der Waals surface area contributed by atoms with Crippen LogP contribution in [0.25, 0.3) is 6.08 Å². The maximum absolute atomic E-state index is 11.8. The molecule has 0 aliphatic carbocycles. The van der Waals surface area contributed by atoms with Gasteiger partial charge in [-0.2, -0.15) is 0 Å². The van der Waals surface area contributed by atoms with Gasteiger partial charge in [0.15, 0.2) is 0 Å². The molecule has 0 N–H and O–H groups in total. The predicted octanol–water partition coefficient (Wildman–Crippen LogP) is 3.98. The first kappa shape index (κ1) is 15.9. The first-order valence-corrected chi connectivity index (χ1v) is 6.87. The summed E-state index contributed by atoms with van der Waals surface area (Å²) in [5, 5.41) is 0.503. The summed E-state index contributed by atoms with van der Waals surface area (Å²) in [7, 11) is 3.13. The normalized spacial score (nSPS) is 10.5. The summed E-state index contributed by atoms with van der Waals surface area (Å²) in [6, 6.07) is 11.9. The molecule has 0 aliphatic heterocycles. The van der Waals surface area contributed by atoms with Crippen molar-refractivity contribution in [2.45, 2.75) is 0 Å². The molecular weight excluding hydrogens is 304 g/mol. The van der Waals surface area contributed by atoms with Gasteiger partial charge in [0.25, 0.3) is 0 Å². The van der Waals surface area contributed by atoms with Crippen LogP contribution in [0.3, 0.4) is 0 Å². The highest BCUT2D eigenvalue weighted by molar-refractivity contribution is 6.30. The molecule has 0 fully saturated rings. The maximum atomic E-state index is 11.8. The Bertz CT molecular complexity index is 695. The number of ether oxygens (including phenoxy) is 3.